The summed E-state index contributed by atoms with van der Waals surface area (Å²) in [5, 5.41) is 19.9. The molecular formula is C45H49ClN10O7S2. The van der Waals surface area contributed by atoms with E-state index in [4.69, 9.17) is 11.6 Å². The van der Waals surface area contributed by atoms with Crippen LogP contribution in [0.5, 0.6) is 0 Å². The highest BCUT2D eigenvalue weighted by Gasteiger charge is 2.33. The molecule has 0 radical (unpaired) electrons. The molecule has 3 aromatic heterocycles. The first-order valence-electron chi connectivity index (χ1n) is 21.4. The first-order valence-corrected chi connectivity index (χ1v) is 25.1. The molecule has 1 unspecified atom stereocenters. The number of anilines is 2. The van der Waals surface area contributed by atoms with Crippen molar-refractivity contribution in [2.24, 2.45) is 5.41 Å². The van der Waals surface area contributed by atoms with Crippen LogP contribution in [0.3, 0.4) is 0 Å². The quantitative estimate of drug-likeness (QED) is 0.0854. The molecule has 1 amide bonds. The minimum atomic E-state index is -4.65. The Morgan fingerprint density at radius 3 is 2.48 bits per heavy atom. The van der Waals surface area contributed by atoms with Crippen LogP contribution in [0.25, 0.3) is 33.3 Å². The van der Waals surface area contributed by atoms with E-state index >= 15 is 0 Å². The molecule has 5 heterocycles. The van der Waals surface area contributed by atoms with E-state index < -0.39 is 47.5 Å². The number of amides is 1. The summed E-state index contributed by atoms with van der Waals surface area (Å²) in [6.07, 6.45) is 8.00. The number of nitro groups is 1. The van der Waals surface area contributed by atoms with Crippen molar-refractivity contribution in [1.29, 1.82) is 0 Å². The van der Waals surface area contributed by atoms with Gasteiger partial charge in [0.2, 0.25) is 10.0 Å². The summed E-state index contributed by atoms with van der Waals surface area (Å²) < 4.78 is 56.9. The number of aromatic amines is 1. The number of nitrogens with one attached hydrogen (secondary N) is 3. The van der Waals surface area contributed by atoms with Gasteiger partial charge in [-0.05, 0) is 96.8 Å². The summed E-state index contributed by atoms with van der Waals surface area (Å²) >= 11 is 6.25. The van der Waals surface area contributed by atoms with Gasteiger partial charge in [0, 0.05) is 86.4 Å². The zero-order chi connectivity index (χ0) is 45.8. The Balaban J connectivity index is 0.978. The molecule has 2 aliphatic heterocycles. The van der Waals surface area contributed by atoms with E-state index in [0.717, 1.165) is 67.3 Å². The van der Waals surface area contributed by atoms with Crippen LogP contribution in [0.1, 0.15) is 55.5 Å². The number of hydrogen-bond acceptors (Lipinski definition) is 12. The molecule has 20 heteroatoms. The van der Waals surface area contributed by atoms with Crippen LogP contribution in [0, 0.1) is 15.5 Å². The summed E-state index contributed by atoms with van der Waals surface area (Å²) in [6, 6.07) is 20.0. The van der Waals surface area contributed by atoms with Crippen molar-refractivity contribution in [1.82, 2.24) is 33.7 Å². The molecule has 0 saturated carbocycles. The Morgan fingerprint density at radius 1 is 0.985 bits per heavy atom. The summed E-state index contributed by atoms with van der Waals surface area (Å²) in [7, 11) is -8.10. The van der Waals surface area contributed by atoms with Gasteiger partial charge in [0.15, 0.2) is 5.65 Å². The van der Waals surface area contributed by atoms with E-state index in [1.807, 2.05) is 30.3 Å². The fourth-order valence-electron chi connectivity index (χ4n) is 9.16. The van der Waals surface area contributed by atoms with Crippen molar-refractivity contribution in [3.63, 3.8) is 0 Å². The van der Waals surface area contributed by atoms with Crippen LogP contribution in [-0.2, 0) is 20.0 Å². The molecule has 65 heavy (non-hydrogen) atoms. The molecule has 1 aliphatic carbocycles. The molecule has 6 aromatic rings. The zero-order valence-electron chi connectivity index (χ0n) is 36.1. The second kappa shape index (κ2) is 17.2. The lowest BCUT2D eigenvalue weighted by Crippen LogP contribution is -2.47. The number of fused-ring (bicyclic) bond motifs is 2. The van der Waals surface area contributed by atoms with Gasteiger partial charge in [0.05, 0.1) is 32.8 Å². The minimum Gasteiger partial charge on any atom is -0.375 e. The number of allylic oxidation sites excluding steroid dienone is 1. The second-order valence-electron chi connectivity index (χ2n) is 17.9. The lowest BCUT2D eigenvalue weighted by molar-refractivity contribution is -0.384. The largest absolute Gasteiger partial charge is 0.375 e. The van der Waals surface area contributed by atoms with Gasteiger partial charge in [0.1, 0.15) is 11.2 Å². The van der Waals surface area contributed by atoms with E-state index in [1.54, 1.807) is 29.2 Å². The molecular weight excluding hydrogens is 892 g/mol. The van der Waals surface area contributed by atoms with Crippen LogP contribution in [-0.4, -0.2) is 115 Å². The number of carbonyl (C=O) groups excluding carboxylic acids is 1. The van der Waals surface area contributed by atoms with Gasteiger partial charge < -0.3 is 10.2 Å². The third kappa shape index (κ3) is 9.33. The van der Waals surface area contributed by atoms with Crippen LogP contribution in [0.4, 0.5) is 17.1 Å². The monoisotopic (exact) mass is 940 g/mol. The molecule has 0 spiro atoms. The third-order valence-electron chi connectivity index (χ3n) is 12.7. The number of sulfonamides is 2. The molecule has 17 nitrogen and oxygen atoms in total. The number of piperazine rings is 1. The van der Waals surface area contributed by atoms with Crippen LogP contribution in [0.2, 0.25) is 5.02 Å². The Bertz CT molecular complexity index is 3110. The van der Waals surface area contributed by atoms with Crippen molar-refractivity contribution >= 4 is 82.3 Å². The maximum Gasteiger partial charge on any atom is 0.293 e. The zero-order valence-corrected chi connectivity index (χ0v) is 38.5. The Hall–Kier alpha value is -5.86. The number of nitro benzene ring substituents is 1. The Kier molecular flexibility index (Phi) is 11.7. The molecule has 3 N–H and O–H groups in total. The lowest BCUT2D eigenvalue weighted by Gasteiger charge is -2.39. The van der Waals surface area contributed by atoms with Gasteiger partial charge in [-0.15, -0.1) is 0 Å². The molecule has 0 bridgehead atoms. The first kappa shape index (κ1) is 44.3. The van der Waals surface area contributed by atoms with Crippen LogP contribution < -0.4 is 14.9 Å². The number of carbonyl (C=O) groups is 1. The lowest BCUT2D eigenvalue weighted by atomic mass is 9.72. The summed E-state index contributed by atoms with van der Waals surface area (Å²) in [4.78, 5) is 38.9. The summed E-state index contributed by atoms with van der Waals surface area (Å²) in [5.41, 5.74) is 6.75. The fourth-order valence-corrected chi connectivity index (χ4v) is 11.2. The number of pyridine rings is 1. The normalized spacial score (nSPS) is 18.7. The smallest absolute Gasteiger partial charge is 0.293 e. The van der Waals surface area contributed by atoms with Gasteiger partial charge in [-0.1, -0.05) is 43.2 Å². The van der Waals surface area contributed by atoms with Gasteiger partial charge in [-0.3, -0.25) is 29.6 Å². The topological polar surface area (TPSA) is 209 Å². The molecule has 3 aliphatic rings. The average Bonchev–Trinajstić information content (AvgIpc) is 4.04. The summed E-state index contributed by atoms with van der Waals surface area (Å²) in [6.45, 7) is 8.92. The van der Waals surface area contributed by atoms with Crippen LogP contribution >= 0.6 is 11.6 Å². The SMILES string of the molecule is CC1(C)CCC(CN2CCN(c3ccc(C(=O)NS(=O)(=O)c4ccc(NC5CCN(S(C)(=O)=O)C5)c([N+](=O)[O-])c4)c(-n4[nH]cc5nc6nccc6cc54)c3)CC2)=C(c2ccc(Cl)cc2)C1. The highest BCUT2D eigenvalue weighted by atomic mass is 35.5. The van der Waals surface area contributed by atoms with E-state index in [-0.39, 0.29) is 29.8 Å². The highest BCUT2D eigenvalue weighted by Crippen LogP contribution is 2.43. The third-order valence-corrected chi connectivity index (χ3v) is 15.6. The Morgan fingerprint density at radius 2 is 1.75 bits per heavy atom. The summed E-state index contributed by atoms with van der Waals surface area (Å²) in [5.74, 6) is -0.951. The van der Waals surface area contributed by atoms with E-state index in [9.17, 15) is 31.7 Å². The number of H-pyrrole nitrogens is 1. The van der Waals surface area contributed by atoms with Crippen molar-refractivity contribution < 1.29 is 26.6 Å². The number of benzene rings is 3. The van der Waals surface area contributed by atoms with Crippen LogP contribution in [0.15, 0.2) is 95.7 Å². The van der Waals surface area contributed by atoms with E-state index in [1.165, 1.54) is 33.1 Å². The maximum absolute atomic E-state index is 14.2. The number of nitrogens with zero attached hydrogens (tertiary/aromatic N) is 7. The molecule has 2 fully saturated rings. The number of rotatable bonds is 12. The predicted molar refractivity (Wildman–Crippen MR) is 252 cm³/mol. The molecule has 1 atom stereocenters. The van der Waals surface area contributed by atoms with Gasteiger partial charge >= 0.3 is 0 Å². The minimum absolute atomic E-state index is 0.0231. The van der Waals surface area contributed by atoms with Crippen molar-refractivity contribution in [2.75, 3.05) is 62.3 Å². The predicted octanol–water partition coefficient (Wildman–Crippen LogP) is 6.81. The second-order valence-corrected chi connectivity index (χ2v) is 22.0. The number of aromatic nitrogens is 4. The first-order chi connectivity index (χ1) is 30.9. The standard InChI is InChI=1S/C45H49ClN10O7S2/c1-45(2)15-12-31(37(25-45)29-4-6-32(46)7-5-29)27-52-18-20-53(21-19-52)34-8-10-36(40(23-34)55-41-22-30-13-16-47-43(30)50-39(41)26-48-55)44(57)51-65(62,63)35-9-11-38(42(24-35)56(58)59)49-33-14-17-54(28-33)64(3,60)61/h4-11,13,16,22-24,26,33,48-49H,12,14-15,17-21,25,27-28H2,1-3H3,(H,51,57). The van der Waals surface area contributed by atoms with Gasteiger partial charge in [0.25, 0.3) is 21.6 Å². The average molecular weight is 942 g/mol. The fraction of sp³-hybridized carbons (Fsp3) is 0.356. The maximum atomic E-state index is 14.2. The highest BCUT2D eigenvalue weighted by molar-refractivity contribution is 7.90. The molecule has 3 aromatic carbocycles. The van der Waals surface area contributed by atoms with Gasteiger partial charge in [-0.25, -0.2) is 35.8 Å². The molecule has 2 saturated heterocycles. The van der Waals surface area contributed by atoms with E-state index in [0.29, 0.717) is 41.9 Å². The van der Waals surface area contributed by atoms with Crippen molar-refractivity contribution in [3.8, 4) is 5.69 Å². The number of halogens is 1. The van der Waals surface area contributed by atoms with E-state index in [2.05, 4.69) is 60.9 Å². The number of hydrogen-bond donors (Lipinski definition) is 3. The van der Waals surface area contributed by atoms with Crippen molar-refractivity contribution in [2.45, 2.75) is 50.5 Å². The Labute approximate surface area is 381 Å². The van der Waals surface area contributed by atoms with Crippen molar-refractivity contribution in [3.05, 3.63) is 117 Å². The van der Waals surface area contributed by atoms with Gasteiger partial charge in [-0.2, -0.15) is 0 Å². The molecule has 9 rings (SSSR count). The molecule has 340 valence electrons.